The fraction of sp³-hybridized carbons (Fsp3) is 0.667. The molecule has 0 radical (unpaired) electrons. The number of Topliss-reactive ketones (excluding diaryl/α,β-unsaturated/α-hetero) is 1. The van der Waals surface area contributed by atoms with Crippen LogP contribution in [-0.4, -0.2) is 17.5 Å². The zero-order valence-electron chi connectivity index (χ0n) is 6.88. The number of hydrogen-bond acceptors (Lipinski definition) is 2. The van der Waals surface area contributed by atoms with Crippen molar-refractivity contribution in [2.75, 3.05) is 6.61 Å². The Kier molecular flexibility index (Phi) is 5.75. The number of ketones is 1. The Morgan fingerprint density at radius 2 is 1.82 bits per heavy atom. The Morgan fingerprint density at radius 3 is 2.18 bits per heavy atom. The van der Waals surface area contributed by atoms with Crippen LogP contribution in [0.1, 0.15) is 25.7 Å². The first kappa shape index (κ1) is 10.4. The lowest BCUT2D eigenvalue weighted by atomic mass is 9.89. The molecule has 1 aliphatic rings. The largest absolute Gasteiger partial charge is 0.396 e. The predicted molar refractivity (Wildman–Crippen MR) is 45.3 cm³/mol. The second-order valence-electron chi connectivity index (χ2n) is 2.66. The maximum atomic E-state index is 10.6. The van der Waals surface area contributed by atoms with Crippen LogP contribution in [0.15, 0.2) is 13.2 Å². The van der Waals surface area contributed by atoms with E-state index in [0.29, 0.717) is 24.5 Å². The molecule has 0 atom stereocenters. The van der Waals surface area contributed by atoms with Crippen LogP contribution in [0.2, 0.25) is 0 Å². The molecule has 64 valence electrons. The fourth-order valence-electron chi connectivity index (χ4n) is 1.18. The first-order valence-corrected chi connectivity index (χ1v) is 3.95. The van der Waals surface area contributed by atoms with E-state index in [1.165, 1.54) is 0 Å². The van der Waals surface area contributed by atoms with Crippen molar-refractivity contribution in [1.82, 2.24) is 0 Å². The normalized spacial score (nSPS) is 18.8. The van der Waals surface area contributed by atoms with E-state index in [1.54, 1.807) is 0 Å². The molecule has 0 saturated heterocycles. The van der Waals surface area contributed by atoms with Gasteiger partial charge < -0.3 is 5.11 Å². The van der Waals surface area contributed by atoms with Crippen molar-refractivity contribution >= 4 is 5.78 Å². The van der Waals surface area contributed by atoms with Gasteiger partial charge in [-0.05, 0) is 18.8 Å². The summed E-state index contributed by atoms with van der Waals surface area (Å²) in [5, 5.41) is 8.67. The molecule has 1 aliphatic carbocycles. The molecule has 11 heavy (non-hydrogen) atoms. The van der Waals surface area contributed by atoms with Crippen LogP contribution in [0.3, 0.4) is 0 Å². The summed E-state index contributed by atoms with van der Waals surface area (Å²) in [5.41, 5.74) is 0. The summed E-state index contributed by atoms with van der Waals surface area (Å²) < 4.78 is 0. The number of aliphatic hydroxyl groups excluding tert-OH is 1. The number of carbonyl (C=O) groups excluding carboxylic acids is 1. The number of aliphatic hydroxyl groups is 1. The monoisotopic (exact) mass is 156 g/mol. The highest BCUT2D eigenvalue weighted by molar-refractivity contribution is 5.78. The van der Waals surface area contributed by atoms with Gasteiger partial charge in [-0.2, -0.15) is 0 Å². The van der Waals surface area contributed by atoms with Crippen molar-refractivity contribution in [1.29, 1.82) is 0 Å². The SMILES string of the molecule is C=C.O=C1CCC(CO)CC1. The van der Waals surface area contributed by atoms with Gasteiger partial charge in [0.05, 0.1) is 0 Å². The van der Waals surface area contributed by atoms with Gasteiger partial charge in [0.15, 0.2) is 0 Å². The van der Waals surface area contributed by atoms with Gasteiger partial charge in [-0.1, -0.05) is 0 Å². The van der Waals surface area contributed by atoms with Gasteiger partial charge in [0.25, 0.3) is 0 Å². The van der Waals surface area contributed by atoms with Crippen LogP contribution >= 0.6 is 0 Å². The minimum Gasteiger partial charge on any atom is -0.396 e. The lowest BCUT2D eigenvalue weighted by Gasteiger charge is -2.17. The van der Waals surface area contributed by atoms with Crippen molar-refractivity contribution in [2.45, 2.75) is 25.7 Å². The van der Waals surface area contributed by atoms with E-state index in [0.717, 1.165) is 12.8 Å². The minimum absolute atomic E-state index is 0.257. The molecule has 2 nitrogen and oxygen atoms in total. The maximum Gasteiger partial charge on any atom is 0.132 e. The van der Waals surface area contributed by atoms with Crippen LogP contribution in [0.25, 0.3) is 0 Å². The average Bonchev–Trinajstić information content (AvgIpc) is 2.10. The topological polar surface area (TPSA) is 37.3 Å². The van der Waals surface area contributed by atoms with Gasteiger partial charge >= 0.3 is 0 Å². The van der Waals surface area contributed by atoms with Gasteiger partial charge in [-0.15, -0.1) is 13.2 Å². The van der Waals surface area contributed by atoms with E-state index in [2.05, 4.69) is 13.2 Å². The van der Waals surface area contributed by atoms with Crippen LogP contribution in [0.4, 0.5) is 0 Å². The average molecular weight is 156 g/mol. The molecule has 0 aromatic carbocycles. The third kappa shape index (κ3) is 3.94. The molecular weight excluding hydrogens is 140 g/mol. The summed E-state index contributed by atoms with van der Waals surface area (Å²) in [6.45, 7) is 6.26. The van der Waals surface area contributed by atoms with Gasteiger partial charge in [-0.25, -0.2) is 0 Å². The molecule has 0 unspecified atom stereocenters. The second kappa shape index (κ2) is 6.10. The summed E-state index contributed by atoms with van der Waals surface area (Å²) in [7, 11) is 0. The van der Waals surface area contributed by atoms with Crippen molar-refractivity contribution in [2.24, 2.45) is 5.92 Å². The maximum absolute atomic E-state index is 10.6. The summed E-state index contributed by atoms with van der Waals surface area (Å²) >= 11 is 0. The molecular formula is C9H16O2. The Hall–Kier alpha value is -0.630. The zero-order chi connectivity index (χ0) is 8.69. The molecule has 0 aromatic rings. The molecule has 0 spiro atoms. The number of hydrogen-bond donors (Lipinski definition) is 1. The van der Waals surface area contributed by atoms with E-state index in [9.17, 15) is 4.79 Å². The third-order valence-corrected chi connectivity index (χ3v) is 1.92. The molecule has 0 amide bonds. The van der Waals surface area contributed by atoms with Crippen molar-refractivity contribution in [3.05, 3.63) is 13.2 Å². The molecule has 0 bridgehead atoms. The van der Waals surface area contributed by atoms with E-state index >= 15 is 0 Å². The van der Waals surface area contributed by atoms with E-state index in [1.807, 2.05) is 0 Å². The first-order chi connectivity index (χ1) is 5.33. The Bertz CT molecular complexity index is 111. The predicted octanol–water partition coefficient (Wildman–Crippen LogP) is 1.54. The number of carbonyl (C=O) groups is 1. The standard InChI is InChI=1S/C7H12O2.C2H4/c8-5-6-1-3-7(9)4-2-6;1-2/h6,8H,1-5H2;1-2H2. The van der Waals surface area contributed by atoms with Crippen LogP contribution in [0.5, 0.6) is 0 Å². The van der Waals surface area contributed by atoms with Gasteiger partial charge in [-0.3, -0.25) is 4.79 Å². The minimum atomic E-state index is 0.257. The van der Waals surface area contributed by atoms with Crippen molar-refractivity contribution in [3.8, 4) is 0 Å². The lowest BCUT2D eigenvalue weighted by molar-refractivity contribution is -0.121. The number of rotatable bonds is 1. The first-order valence-electron chi connectivity index (χ1n) is 3.95. The highest BCUT2D eigenvalue weighted by Crippen LogP contribution is 2.20. The van der Waals surface area contributed by atoms with Crippen molar-refractivity contribution in [3.63, 3.8) is 0 Å². The Labute approximate surface area is 67.9 Å². The fourth-order valence-corrected chi connectivity index (χ4v) is 1.18. The van der Waals surface area contributed by atoms with Crippen LogP contribution in [-0.2, 0) is 4.79 Å². The van der Waals surface area contributed by atoms with Crippen LogP contribution in [0, 0.1) is 5.92 Å². The molecule has 1 N–H and O–H groups in total. The Morgan fingerprint density at radius 1 is 1.36 bits per heavy atom. The van der Waals surface area contributed by atoms with Gasteiger partial charge in [0.1, 0.15) is 5.78 Å². The molecule has 2 heteroatoms. The van der Waals surface area contributed by atoms with E-state index < -0.39 is 0 Å². The third-order valence-electron chi connectivity index (χ3n) is 1.92. The lowest BCUT2D eigenvalue weighted by Crippen LogP contribution is -2.16. The highest BCUT2D eigenvalue weighted by atomic mass is 16.3. The second-order valence-corrected chi connectivity index (χ2v) is 2.66. The van der Waals surface area contributed by atoms with Crippen molar-refractivity contribution < 1.29 is 9.90 Å². The molecule has 1 saturated carbocycles. The highest BCUT2D eigenvalue weighted by Gasteiger charge is 2.16. The summed E-state index contributed by atoms with van der Waals surface area (Å²) in [5.74, 6) is 0.766. The molecule has 0 aliphatic heterocycles. The Balaban J connectivity index is 0.000000461. The summed E-state index contributed by atoms with van der Waals surface area (Å²) in [4.78, 5) is 10.6. The smallest absolute Gasteiger partial charge is 0.132 e. The zero-order valence-corrected chi connectivity index (χ0v) is 6.88. The summed E-state index contributed by atoms with van der Waals surface area (Å²) in [6.07, 6.45) is 3.17. The molecule has 0 heterocycles. The van der Waals surface area contributed by atoms with Gasteiger partial charge in [0, 0.05) is 19.4 Å². The summed E-state index contributed by atoms with van der Waals surface area (Å²) in [6, 6.07) is 0. The molecule has 0 aromatic heterocycles. The van der Waals surface area contributed by atoms with E-state index in [4.69, 9.17) is 5.11 Å². The molecule has 1 fully saturated rings. The molecule has 1 rings (SSSR count). The quantitative estimate of drug-likeness (QED) is 0.585. The van der Waals surface area contributed by atoms with Gasteiger partial charge in [0.2, 0.25) is 0 Å². The van der Waals surface area contributed by atoms with E-state index in [-0.39, 0.29) is 6.61 Å². The van der Waals surface area contributed by atoms with Crippen LogP contribution < -0.4 is 0 Å².